The zero-order chi connectivity index (χ0) is 13.1. The molecule has 0 fully saturated rings. The van der Waals surface area contributed by atoms with Crippen molar-refractivity contribution in [3.05, 3.63) is 34.6 Å². The van der Waals surface area contributed by atoms with E-state index in [0.717, 1.165) is 12.1 Å². The van der Waals surface area contributed by atoms with Crippen LogP contribution in [0.1, 0.15) is 19.4 Å². The van der Waals surface area contributed by atoms with E-state index >= 15 is 0 Å². The lowest BCUT2D eigenvalue weighted by Crippen LogP contribution is -2.36. The summed E-state index contributed by atoms with van der Waals surface area (Å²) in [5.41, 5.74) is 6.55. The van der Waals surface area contributed by atoms with E-state index in [1.165, 1.54) is 12.1 Å². The number of hydrogen-bond acceptors (Lipinski definition) is 2. The third kappa shape index (κ3) is 5.53. The maximum absolute atomic E-state index is 13.1. The van der Waals surface area contributed by atoms with E-state index in [9.17, 15) is 4.39 Å². The number of halogens is 3. The molecule has 0 bridgehead atoms. The van der Waals surface area contributed by atoms with Crippen LogP contribution in [0.2, 0.25) is 5.02 Å². The lowest BCUT2D eigenvalue weighted by Gasteiger charge is -2.29. The van der Waals surface area contributed by atoms with Crippen LogP contribution in [0.3, 0.4) is 0 Å². The van der Waals surface area contributed by atoms with Gasteiger partial charge in [-0.25, -0.2) is 4.39 Å². The predicted octanol–water partition coefficient (Wildman–Crippen LogP) is 3.32. The van der Waals surface area contributed by atoms with Crippen LogP contribution in [-0.2, 0) is 6.54 Å². The first kappa shape index (κ1) is 17.6. The summed E-state index contributed by atoms with van der Waals surface area (Å²) in [6.45, 7) is 6.30. The van der Waals surface area contributed by atoms with Crippen molar-refractivity contribution in [2.75, 3.05) is 20.1 Å². The maximum atomic E-state index is 13.1. The summed E-state index contributed by atoms with van der Waals surface area (Å²) in [7, 11) is 1.98. The first-order valence-corrected chi connectivity index (χ1v) is 6.04. The molecule has 2 nitrogen and oxygen atoms in total. The molecule has 0 aliphatic carbocycles. The lowest BCUT2D eigenvalue weighted by atomic mass is 9.93. The fraction of sp³-hybridized carbons (Fsp3) is 0.538. The average Bonchev–Trinajstić information content (AvgIpc) is 2.23. The van der Waals surface area contributed by atoms with E-state index < -0.39 is 0 Å². The van der Waals surface area contributed by atoms with E-state index in [4.69, 9.17) is 17.3 Å². The van der Waals surface area contributed by atoms with Gasteiger partial charge < -0.3 is 10.6 Å². The molecule has 1 aromatic rings. The minimum atomic E-state index is -0.254. The molecule has 2 N–H and O–H groups in total. The molecular formula is C13H21Cl2FN2. The third-order valence-corrected chi connectivity index (χ3v) is 3.07. The van der Waals surface area contributed by atoms with Crippen LogP contribution >= 0.6 is 24.0 Å². The number of benzene rings is 1. The summed E-state index contributed by atoms with van der Waals surface area (Å²) in [5, 5.41) is 0.601. The summed E-state index contributed by atoms with van der Waals surface area (Å²) < 4.78 is 13.1. The van der Waals surface area contributed by atoms with E-state index in [1.807, 2.05) is 7.05 Å². The topological polar surface area (TPSA) is 29.3 Å². The Bertz CT molecular complexity index is 383. The Morgan fingerprint density at radius 1 is 1.39 bits per heavy atom. The smallest absolute Gasteiger partial charge is 0.123 e. The highest BCUT2D eigenvalue weighted by atomic mass is 35.5. The van der Waals surface area contributed by atoms with Crippen molar-refractivity contribution in [2.45, 2.75) is 20.4 Å². The Labute approximate surface area is 120 Å². The standard InChI is InChI=1S/C13H20ClFN2.ClH/c1-13(2,8-16)9-17(3)7-10-6-11(15)4-5-12(10)14;/h4-6H,7-9,16H2,1-3H3;1H. The van der Waals surface area contributed by atoms with Crippen molar-refractivity contribution in [3.8, 4) is 0 Å². The molecule has 0 saturated heterocycles. The second-order valence-electron chi connectivity index (χ2n) is 5.28. The Morgan fingerprint density at radius 3 is 2.56 bits per heavy atom. The van der Waals surface area contributed by atoms with Crippen molar-refractivity contribution in [3.63, 3.8) is 0 Å². The summed E-state index contributed by atoms with van der Waals surface area (Å²) >= 11 is 6.03. The number of nitrogens with two attached hydrogens (primary N) is 1. The van der Waals surface area contributed by atoms with Crippen LogP contribution in [0.25, 0.3) is 0 Å². The van der Waals surface area contributed by atoms with Crippen LogP contribution in [-0.4, -0.2) is 25.0 Å². The first-order chi connectivity index (χ1) is 7.84. The second-order valence-corrected chi connectivity index (χ2v) is 5.68. The van der Waals surface area contributed by atoms with Gasteiger partial charge in [0.2, 0.25) is 0 Å². The Hall–Kier alpha value is -0.350. The molecule has 1 rings (SSSR count). The fourth-order valence-corrected chi connectivity index (χ4v) is 1.98. The van der Waals surface area contributed by atoms with Gasteiger partial charge in [0, 0.05) is 18.1 Å². The quantitative estimate of drug-likeness (QED) is 0.903. The molecular weight excluding hydrogens is 274 g/mol. The van der Waals surface area contributed by atoms with Crippen molar-refractivity contribution in [1.29, 1.82) is 0 Å². The molecule has 5 heteroatoms. The monoisotopic (exact) mass is 294 g/mol. The van der Waals surface area contributed by atoms with Gasteiger partial charge in [-0.1, -0.05) is 25.4 Å². The molecule has 0 aromatic heterocycles. The van der Waals surface area contributed by atoms with Gasteiger partial charge in [0.1, 0.15) is 5.82 Å². The Kier molecular flexibility index (Phi) is 7.15. The van der Waals surface area contributed by atoms with Crippen molar-refractivity contribution in [1.82, 2.24) is 4.90 Å². The van der Waals surface area contributed by atoms with Crippen molar-refractivity contribution >= 4 is 24.0 Å². The zero-order valence-corrected chi connectivity index (χ0v) is 12.6. The molecule has 0 aliphatic heterocycles. The largest absolute Gasteiger partial charge is 0.330 e. The first-order valence-electron chi connectivity index (χ1n) is 5.66. The highest BCUT2D eigenvalue weighted by Gasteiger charge is 2.18. The Balaban J connectivity index is 0.00000289. The van der Waals surface area contributed by atoms with Gasteiger partial charge in [0.25, 0.3) is 0 Å². The fourth-order valence-electron chi connectivity index (χ4n) is 1.81. The van der Waals surface area contributed by atoms with E-state index in [0.29, 0.717) is 18.1 Å². The average molecular weight is 295 g/mol. The molecule has 0 atom stereocenters. The van der Waals surface area contributed by atoms with Gasteiger partial charge in [-0.05, 0) is 42.8 Å². The van der Waals surface area contributed by atoms with Gasteiger partial charge in [-0.2, -0.15) is 0 Å². The number of rotatable bonds is 5. The van der Waals surface area contributed by atoms with Crippen LogP contribution in [0, 0.1) is 11.2 Å². The minimum absolute atomic E-state index is 0. The van der Waals surface area contributed by atoms with Crippen LogP contribution in [0.15, 0.2) is 18.2 Å². The van der Waals surface area contributed by atoms with Gasteiger partial charge in [-0.3, -0.25) is 0 Å². The van der Waals surface area contributed by atoms with Gasteiger partial charge in [0.15, 0.2) is 0 Å². The molecule has 0 aliphatic rings. The number of hydrogen-bond donors (Lipinski definition) is 1. The van der Waals surface area contributed by atoms with E-state index in [2.05, 4.69) is 18.7 Å². The van der Waals surface area contributed by atoms with Gasteiger partial charge in [0.05, 0.1) is 0 Å². The molecule has 0 spiro atoms. The third-order valence-electron chi connectivity index (χ3n) is 2.70. The maximum Gasteiger partial charge on any atom is 0.123 e. The molecule has 18 heavy (non-hydrogen) atoms. The summed E-state index contributed by atoms with van der Waals surface area (Å²) in [6, 6.07) is 4.44. The summed E-state index contributed by atoms with van der Waals surface area (Å²) in [6.07, 6.45) is 0. The van der Waals surface area contributed by atoms with Gasteiger partial charge in [-0.15, -0.1) is 12.4 Å². The van der Waals surface area contributed by atoms with Gasteiger partial charge >= 0.3 is 0 Å². The molecule has 0 radical (unpaired) electrons. The highest BCUT2D eigenvalue weighted by Crippen LogP contribution is 2.20. The summed E-state index contributed by atoms with van der Waals surface area (Å²) in [5.74, 6) is -0.254. The number of nitrogens with zero attached hydrogens (tertiary/aromatic N) is 1. The van der Waals surface area contributed by atoms with Crippen molar-refractivity contribution in [2.24, 2.45) is 11.1 Å². The second kappa shape index (κ2) is 7.29. The molecule has 104 valence electrons. The minimum Gasteiger partial charge on any atom is -0.330 e. The van der Waals surface area contributed by atoms with E-state index in [1.54, 1.807) is 6.07 Å². The van der Waals surface area contributed by atoms with E-state index in [-0.39, 0.29) is 23.6 Å². The zero-order valence-electron chi connectivity index (χ0n) is 11.0. The van der Waals surface area contributed by atoms with Crippen molar-refractivity contribution < 1.29 is 4.39 Å². The normalized spacial score (nSPS) is 11.5. The molecule has 0 unspecified atom stereocenters. The molecule has 1 aromatic carbocycles. The van der Waals surface area contributed by atoms with Crippen LogP contribution in [0.5, 0.6) is 0 Å². The predicted molar refractivity (Wildman–Crippen MR) is 77.8 cm³/mol. The lowest BCUT2D eigenvalue weighted by molar-refractivity contribution is 0.210. The van der Waals surface area contributed by atoms with Crippen LogP contribution < -0.4 is 5.73 Å². The van der Waals surface area contributed by atoms with Crippen LogP contribution in [0.4, 0.5) is 4.39 Å². The molecule has 0 amide bonds. The Morgan fingerprint density at radius 2 is 2.00 bits per heavy atom. The highest BCUT2D eigenvalue weighted by molar-refractivity contribution is 6.31. The molecule has 0 heterocycles. The summed E-state index contributed by atoms with van der Waals surface area (Å²) in [4.78, 5) is 2.10. The SMILES string of the molecule is CN(Cc1cc(F)ccc1Cl)CC(C)(C)CN.Cl. The molecule has 0 saturated carbocycles.